The molecule has 2 aromatic heterocycles. The van der Waals surface area contributed by atoms with Gasteiger partial charge in [0.05, 0.1) is 11.9 Å². The summed E-state index contributed by atoms with van der Waals surface area (Å²) >= 11 is 0. The van der Waals surface area contributed by atoms with E-state index in [2.05, 4.69) is 15.1 Å². The molecule has 0 saturated heterocycles. The van der Waals surface area contributed by atoms with Crippen LogP contribution in [0.15, 0.2) is 42.1 Å². The molecule has 6 heteroatoms. The summed E-state index contributed by atoms with van der Waals surface area (Å²) < 4.78 is 1.68. The molecule has 2 rings (SSSR count). The number of hydrogen-bond donors (Lipinski definition) is 2. The molecule has 6 nitrogen and oxygen atoms in total. The maximum Gasteiger partial charge on any atom is 0.187 e. The monoisotopic (exact) mass is 203 g/mol. The first-order valence-corrected chi connectivity index (χ1v) is 4.24. The molecule has 0 amide bonds. The molecule has 0 fully saturated rings. The fourth-order valence-corrected chi connectivity index (χ4v) is 1.26. The molecule has 0 saturated carbocycles. The Kier molecular flexibility index (Phi) is 2.32. The van der Waals surface area contributed by atoms with Gasteiger partial charge in [-0.25, -0.2) is 4.98 Å². The minimum absolute atomic E-state index is 0.0330. The van der Waals surface area contributed by atoms with Crippen molar-refractivity contribution in [2.75, 3.05) is 0 Å². The van der Waals surface area contributed by atoms with Crippen LogP contribution in [0.4, 0.5) is 0 Å². The third kappa shape index (κ3) is 1.64. The zero-order valence-electron chi connectivity index (χ0n) is 7.78. The van der Waals surface area contributed by atoms with Gasteiger partial charge in [0, 0.05) is 18.6 Å². The van der Waals surface area contributed by atoms with E-state index in [4.69, 9.17) is 10.9 Å². The number of oxime groups is 1. The van der Waals surface area contributed by atoms with Gasteiger partial charge in [0.25, 0.3) is 0 Å². The lowest BCUT2D eigenvalue weighted by Crippen LogP contribution is -2.17. The highest BCUT2D eigenvalue weighted by Crippen LogP contribution is 2.08. The van der Waals surface area contributed by atoms with Gasteiger partial charge >= 0.3 is 0 Å². The summed E-state index contributed by atoms with van der Waals surface area (Å²) in [5, 5.41) is 11.5. The zero-order chi connectivity index (χ0) is 10.7. The molecule has 0 atom stereocenters. The number of amidine groups is 1. The second-order valence-electron chi connectivity index (χ2n) is 2.81. The van der Waals surface area contributed by atoms with Gasteiger partial charge in [0.15, 0.2) is 11.7 Å². The third-order valence-electron chi connectivity index (χ3n) is 1.92. The van der Waals surface area contributed by atoms with Crippen molar-refractivity contribution in [1.82, 2.24) is 14.5 Å². The standard InChI is InChI=1S/C9H9N5O/c10-9(13-15)7-2-1-5-14(7)8-6-11-3-4-12-8/h1-6,15H,(H2,10,13). The van der Waals surface area contributed by atoms with Crippen molar-refractivity contribution in [2.24, 2.45) is 10.9 Å². The number of nitrogens with two attached hydrogens (primary N) is 1. The van der Waals surface area contributed by atoms with Gasteiger partial charge in [-0.2, -0.15) is 0 Å². The predicted molar refractivity (Wildman–Crippen MR) is 53.9 cm³/mol. The first-order chi connectivity index (χ1) is 7.33. The Bertz CT molecular complexity index is 476. The second-order valence-corrected chi connectivity index (χ2v) is 2.81. The highest BCUT2D eigenvalue weighted by atomic mass is 16.4. The normalized spacial score (nSPS) is 11.6. The molecular weight excluding hydrogens is 194 g/mol. The fraction of sp³-hybridized carbons (Fsp3) is 0. The Morgan fingerprint density at radius 1 is 1.47 bits per heavy atom. The van der Waals surface area contributed by atoms with Crippen molar-refractivity contribution in [1.29, 1.82) is 0 Å². The summed E-state index contributed by atoms with van der Waals surface area (Å²) in [6.07, 6.45) is 6.51. The van der Waals surface area contributed by atoms with Crippen LogP contribution >= 0.6 is 0 Å². The lowest BCUT2D eigenvalue weighted by molar-refractivity contribution is 0.318. The van der Waals surface area contributed by atoms with E-state index in [0.717, 1.165) is 0 Å². The van der Waals surface area contributed by atoms with Gasteiger partial charge in [-0.05, 0) is 12.1 Å². The first kappa shape index (κ1) is 9.20. The summed E-state index contributed by atoms with van der Waals surface area (Å²) in [6, 6.07) is 3.51. The average Bonchev–Trinajstić information content (AvgIpc) is 2.78. The maximum absolute atomic E-state index is 8.59. The van der Waals surface area contributed by atoms with E-state index in [1.54, 1.807) is 41.5 Å². The molecule has 76 valence electrons. The number of aromatic nitrogens is 3. The molecule has 0 bridgehead atoms. The molecule has 0 aliphatic rings. The molecule has 2 aromatic rings. The van der Waals surface area contributed by atoms with Crippen molar-refractivity contribution in [3.05, 3.63) is 42.6 Å². The average molecular weight is 203 g/mol. The van der Waals surface area contributed by atoms with Crippen molar-refractivity contribution in [3.63, 3.8) is 0 Å². The quantitative estimate of drug-likeness (QED) is 0.319. The van der Waals surface area contributed by atoms with Gasteiger partial charge in [-0.15, -0.1) is 0 Å². The van der Waals surface area contributed by atoms with E-state index in [9.17, 15) is 0 Å². The van der Waals surface area contributed by atoms with Gasteiger partial charge in [0.2, 0.25) is 0 Å². The zero-order valence-corrected chi connectivity index (χ0v) is 7.78. The number of rotatable bonds is 2. The van der Waals surface area contributed by atoms with Crippen LogP contribution in [-0.4, -0.2) is 25.6 Å². The minimum atomic E-state index is 0.0330. The van der Waals surface area contributed by atoms with Crippen LogP contribution < -0.4 is 5.73 Å². The van der Waals surface area contributed by atoms with Gasteiger partial charge in [0.1, 0.15) is 0 Å². The summed E-state index contributed by atoms with van der Waals surface area (Å²) in [5.41, 5.74) is 6.08. The molecular formula is C9H9N5O. The summed E-state index contributed by atoms with van der Waals surface area (Å²) in [7, 11) is 0. The maximum atomic E-state index is 8.59. The Balaban J connectivity index is 2.51. The summed E-state index contributed by atoms with van der Waals surface area (Å²) in [5.74, 6) is 0.648. The second kappa shape index (κ2) is 3.79. The Hall–Kier alpha value is -2.37. The Morgan fingerprint density at radius 3 is 3.00 bits per heavy atom. The van der Waals surface area contributed by atoms with E-state index >= 15 is 0 Å². The molecule has 0 aromatic carbocycles. The first-order valence-electron chi connectivity index (χ1n) is 4.24. The van der Waals surface area contributed by atoms with E-state index in [-0.39, 0.29) is 5.84 Å². The lowest BCUT2D eigenvalue weighted by Gasteiger charge is -2.05. The highest BCUT2D eigenvalue weighted by molar-refractivity contribution is 5.96. The lowest BCUT2D eigenvalue weighted by atomic mass is 10.4. The van der Waals surface area contributed by atoms with Crippen LogP contribution in [0.5, 0.6) is 0 Å². The summed E-state index contributed by atoms with van der Waals surface area (Å²) in [4.78, 5) is 8.05. The number of nitrogens with zero attached hydrogens (tertiary/aromatic N) is 4. The van der Waals surface area contributed by atoms with Crippen LogP contribution in [0.1, 0.15) is 5.69 Å². The Morgan fingerprint density at radius 2 is 2.33 bits per heavy atom. The van der Waals surface area contributed by atoms with Crippen molar-refractivity contribution >= 4 is 5.84 Å². The number of hydrogen-bond acceptors (Lipinski definition) is 4. The SMILES string of the molecule is N/C(=N/O)c1cccn1-c1cnccn1. The molecule has 0 aliphatic carbocycles. The summed E-state index contributed by atoms with van der Waals surface area (Å²) in [6.45, 7) is 0. The predicted octanol–water partition coefficient (Wildman–Crippen LogP) is 0.362. The molecule has 15 heavy (non-hydrogen) atoms. The topological polar surface area (TPSA) is 89.3 Å². The molecule has 3 N–H and O–H groups in total. The highest BCUT2D eigenvalue weighted by Gasteiger charge is 2.07. The largest absolute Gasteiger partial charge is 0.409 e. The van der Waals surface area contributed by atoms with Crippen LogP contribution in [0, 0.1) is 0 Å². The van der Waals surface area contributed by atoms with Crippen LogP contribution in [0.3, 0.4) is 0 Å². The van der Waals surface area contributed by atoms with E-state index in [0.29, 0.717) is 11.5 Å². The van der Waals surface area contributed by atoms with Gasteiger partial charge in [-0.1, -0.05) is 5.16 Å². The van der Waals surface area contributed by atoms with E-state index in [1.165, 1.54) is 0 Å². The van der Waals surface area contributed by atoms with Crippen molar-refractivity contribution in [3.8, 4) is 5.82 Å². The van der Waals surface area contributed by atoms with Crippen molar-refractivity contribution < 1.29 is 5.21 Å². The van der Waals surface area contributed by atoms with Gasteiger partial charge in [-0.3, -0.25) is 9.55 Å². The van der Waals surface area contributed by atoms with E-state index in [1.807, 2.05) is 0 Å². The fourth-order valence-electron chi connectivity index (χ4n) is 1.26. The van der Waals surface area contributed by atoms with Crippen LogP contribution in [0.2, 0.25) is 0 Å². The van der Waals surface area contributed by atoms with Crippen LogP contribution in [0.25, 0.3) is 5.82 Å². The molecule has 2 heterocycles. The molecule has 0 spiro atoms. The van der Waals surface area contributed by atoms with Crippen molar-refractivity contribution in [2.45, 2.75) is 0 Å². The third-order valence-corrected chi connectivity index (χ3v) is 1.92. The molecule has 0 aliphatic heterocycles. The minimum Gasteiger partial charge on any atom is -0.409 e. The molecule has 0 radical (unpaired) electrons. The van der Waals surface area contributed by atoms with E-state index < -0.39 is 0 Å². The van der Waals surface area contributed by atoms with Crippen LogP contribution in [-0.2, 0) is 0 Å². The smallest absolute Gasteiger partial charge is 0.187 e. The molecule has 0 unspecified atom stereocenters. The van der Waals surface area contributed by atoms with Gasteiger partial charge < -0.3 is 10.9 Å². The Labute approximate surface area is 85.7 Å².